The molecule has 0 N–H and O–H groups in total. The first-order valence-electron chi connectivity index (χ1n) is 9.18. The minimum absolute atomic E-state index is 0.208. The highest BCUT2D eigenvalue weighted by Gasteiger charge is 2.09. The number of nitriles is 1. The fourth-order valence-corrected chi connectivity index (χ4v) is 2.68. The maximum atomic E-state index is 13.5. The van der Waals surface area contributed by atoms with Gasteiger partial charge in [-0.2, -0.15) is 15.5 Å². The molecule has 0 aliphatic heterocycles. The van der Waals surface area contributed by atoms with Crippen LogP contribution < -0.4 is 0 Å². The topological polar surface area (TPSA) is 48.5 Å². The fraction of sp³-hybridized carbons (Fsp3) is 0.318. The molecule has 0 fully saturated rings. The Kier molecular flexibility index (Phi) is 8.31. The van der Waals surface area contributed by atoms with Crippen molar-refractivity contribution < 1.29 is 8.78 Å². The highest BCUT2D eigenvalue weighted by molar-refractivity contribution is 5.82. The smallest absolute Gasteiger partial charge is 0.144 e. The lowest BCUT2D eigenvalue weighted by molar-refractivity contribution is 0.576. The van der Waals surface area contributed by atoms with Crippen molar-refractivity contribution in [1.82, 2.24) is 0 Å². The monoisotopic (exact) mass is 367 g/mol. The molecule has 0 radical (unpaired) electrons. The van der Waals surface area contributed by atoms with E-state index in [0.717, 1.165) is 24.1 Å². The van der Waals surface area contributed by atoms with E-state index in [2.05, 4.69) is 29.3 Å². The van der Waals surface area contributed by atoms with E-state index in [0.29, 0.717) is 0 Å². The first-order valence-corrected chi connectivity index (χ1v) is 9.18. The summed E-state index contributed by atoms with van der Waals surface area (Å²) in [7, 11) is 0. The van der Waals surface area contributed by atoms with Crippen LogP contribution in [-0.4, -0.2) is 12.4 Å². The molecular weight excluding hydrogens is 344 g/mol. The minimum atomic E-state index is -0.909. The van der Waals surface area contributed by atoms with E-state index in [9.17, 15) is 8.78 Å². The second-order valence-corrected chi connectivity index (χ2v) is 6.37. The van der Waals surface area contributed by atoms with Gasteiger partial charge in [0.2, 0.25) is 0 Å². The van der Waals surface area contributed by atoms with E-state index in [4.69, 9.17) is 5.26 Å². The molecule has 0 heterocycles. The van der Waals surface area contributed by atoms with Gasteiger partial charge < -0.3 is 0 Å². The van der Waals surface area contributed by atoms with Crippen molar-refractivity contribution in [2.75, 3.05) is 0 Å². The van der Waals surface area contributed by atoms with Crippen LogP contribution in [0.3, 0.4) is 0 Å². The average molecular weight is 367 g/mol. The highest BCUT2D eigenvalue weighted by atomic mass is 19.1. The van der Waals surface area contributed by atoms with Gasteiger partial charge in [-0.05, 0) is 36.1 Å². The van der Waals surface area contributed by atoms with Crippen LogP contribution in [0.4, 0.5) is 8.78 Å². The summed E-state index contributed by atoms with van der Waals surface area (Å²) in [5.74, 6) is -1.82. The zero-order chi connectivity index (χ0) is 19.5. The molecular formula is C22H23F2N3. The zero-order valence-electron chi connectivity index (χ0n) is 15.5. The summed E-state index contributed by atoms with van der Waals surface area (Å²) in [6.07, 6.45) is 10.2. The average Bonchev–Trinajstić information content (AvgIpc) is 2.66. The molecule has 0 saturated carbocycles. The molecule has 27 heavy (non-hydrogen) atoms. The van der Waals surface area contributed by atoms with Gasteiger partial charge in [0.1, 0.15) is 23.3 Å². The molecule has 0 aliphatic carbocycles. The number of hydrogen-bond donors (Lipinski definition) is 0. The van der Waals surface area contributed by atoms with Crippen molar-refractivity contribution in [3.05, 3.63) is 70.3 Å². The van der Waals surface area contributed by atoms with Gasteiger partial charge in [0, 0.05) is 5.56 Å². The predicted octanol–water partition coefficient (Wildman–Crippen LogP) is 5.80. The third-order valence-corrected chi connectivity index (χ3v) is 4.21. The summed E-state index contributed by atoms with van der Waals surface area (Å²) in [4.78, 5) is 0. The maximum absolute atomic E-state index is 13.5. The van der Waals surface area contributed by atoms with Crippen molar-refractivity contribution in [1.29, 1.82) is 5.26 Å². The van der Waals surface area contributed by atoms with E-state index < -0.39 is 17.2 Å². The highest BCUT2D eigenvalue weighted by Crippen LogP contribution is 2.13. The molecule has 0 spiro atoms. The summed E-state index contributed by atoms with van der Waals surface area (Å²) in [6, 6.07) is 11.7. The van der Waals surface area contributed by atoms with Gasteiger partial charge in [0.15, 0.2) is 0 Å². The van der Waals surface area contributed by atoms with E-state index in [-0.39, 0.29) is 5.56 Å². The number of benzene rings is 2. The van der Waals surface area contributed by atoms with Crippen LogP contribution in [0, 0.1) is 23.0 Å². The number of nitrogens with zero attached hydrogens (tertiary/aromatic N) is 3. The SMILES string of the molecule is CCCCCCCc1ccc(/C=N/N=C/c2cc(F)c(C#N)c(F)c2)cc1. The molecule has 140 valence electrons. The second kappa shape index (κ2) is 11.0. The van der Waals surface area contributed by atoms with Gasteiger partial charge >= 0.3 is 0 Å². The van der Waals surface area contributed by atoms with Crippen molar-refractivity contribution in [3.63, 3.8) is 0 Å². The van der Waals surface area contributed by atoms with Crippen molar-refractivity contribution in [2.24, 2.45) is 10.2 Å². The maximum Gasteiger partial charge on any atom is 0.144 e. The molecule has 3 nitrogen and oxygen atoms in total. The molecule has 0 amide bonds. The third kappa shape index (κ3) is 6.74. The first kappa shape index (κ1) is 20.4. The van der Waals surface area contributed by atoms with Gasteiger partial charge in [0.25, 0.3) is 0 Å². The Hall–Kier alpha value is -2.87. The molecule has 0 atom stereocenters. The van der Waals surface area contributed by atoms with Crippen LogP contribution in [0.15, 0.2) is 46.6 Å². The Bertz CT molecular complexity index is 811. The molecule has 0 aliphatic rings. The van der Waals surface area contributed by atoms with Crippen LogP contribution in [0.25, 0.3) is 0 Å². The Morgan fingerprint density at radius 1 is 0.889 bits per heavy atom. The summed E-state index contributed by atoms with van der Waals surface area (Å²) >= 11 is 0. The quantitative estimate of drug-likeness (QED) is 0.314. The fourth-order valence-electron chi connectivity index (χ4n) is 2.68. The van der Waals surface area contributed by atoms with Crippen LogP contribution in [-0.2, 0) is 6.42 Å². The number of halogens is 2. The summed E-state index contributed by atoms with van der Waals surface area (Å²) in [5.41, 5.74) is 1.82. The van der Waals surface area contributed by atoms with Gasteiger partial charge in [-0.25, -0.2) is 8.78 Å². The molecule has 2 aromatic rings. The first-order chi connectivity index (χ1) is 13.1. The van der Waals surface area contributed by atoms with Gasteiger partial charge in [0.05, 0.1) is 12.4 Å². The number of unbranched alkanes of at least 4 members (excludes halogenated alkanes) is 4. The number of hydrogen-bond acceptors (Lipinski definition) is 3. The van der Waals surface area contributed by atoms with Crippen LogP contribution in [0.2, 0.25) is 0 Å². The molecule has 2 aromatic carbocycles. The minimum Gasteiger partial charge on any atom is -0.205 e. The Morgan fingerprint density at radius 2 is 1.48 bits per heavy atom. The van der Waals surface area contributed by atoms with Crippen LogP contribution in [0.1, 0.15) is 61.3 Å². The molecule has 0 bridgehead atoms. The van der Waals surface area contributed by atoms with E-state index in [1.165, 1.54) is 50.0 Å². The largest absolute Gasteiger partial charge is 0.205 e. The Balaban J connectivity index is 1.87. The second-order valence-electron chi connectivity index (χ2n) is 6.37. The number of aryl methyl sites for hydroxylation is 1. The summed E-state index contributed by atoms with van der Waals surface area (Å²) in [6.45, 7) is 2.21. The predicted molar refractivity (Wildman–Crippen MR) is 105 cm³/mol. The normalized spacial score (nSPS) is 11.3. The van der Waals surface area contributed by atoms with E-state index in [1.807, 2.05) is 12.1 Å². The van der Waals surface area contributed by atoms with Crippen molar-refractivity contribution >= 4 is 12.4 Å². The van der Waals surface area contributed by atoms with E-state index >= 15 is 0 Å². The lowest BCUT2D eigenvalue weighted by atomic mass is 10.0. The van der Waals surface area contributed by atoms with Crippen molar-refractivity contribution in [2.45, 2.75) is 45.4 Å². The molecule has 5 heteroatoms. The molecule has 0 aromatic heterocycles. The molecule has 0 saturated heterocycles. The summed E-state index contributed by atoms with van der Waals surface area (Å²) < 4.78 is 27.0. The lowest BCUT2D eigenvalue weighted by Crippen LogP contribution is -1.93. The van der Waals surface area contributed by atoms with Gasteiger partial charge in [-0.15, -0.1) is 0 Å². The molecule has 0 unspecified atom stereocenters. The Labute approximate surface area is 159 Å². The Morgan fingerprint density at radius 3 is 2.07 bits per heavy atom. The van der Waals surface area contributed by atoms with Gasteiger partial charge in [-0.1, -0.05) is 56.9 Å². The standard InChI is InChI=1S/C22H23F2N3/c1-2-3-4-5-6-7-17-8-10-18(11-9-17)15-26-27-16-19-12-21(23)20(14-25)22(24)13-19/h8-13,15-16H,2-7H2,1H3/b26-15+,27-16+. The zero-order valence-corrected chi connectivity index (χ0v) is 15.5. The third-order valence-electron chi connectivity index (χ3n) is 4.21. The molecule has 2 rings (SSSR count). The van der Waals surface area contributed by atoms with Crippen molar-refractivity contribution in [3.8, 4) is 6.07 Å². The number of rotatable bonds is 9. The van der Waals surface area contributed by atoms with Crippen LogP contribution in [0.5, 0.6) is 0 Å². The lowest BCUT2D eigenvalue weighted by Gasteiger charge is -2.02. The summed E-state index contributed by atoms with van der Waals surface area (Å²) in [5, 5.41) is 16.3. The van der Waals surface area contributed by atoms with Gasteiger partial charge in [-0.3, -0.25) is 0 Å². The van der Waals surface area contributed by atoms with E-state index in [1.54, 1.807) is 6.21 Å². The van der Waals surface area contributed by atoms with Crippen LogP contribution >= 0.6 is 0 Å².